The van der Waals surface area contributed by atoms with E-state index in [1.165, 1.54) is 16.6 Å². The molecule has 29 heavy (non-hydrogen) atoms. The molecule has 0 saturated carbocycles. The predicted octanol–water partition coefficient (Wildman–Crippen LogP) is 2.70. The van der Waals surface area contributed by atoms with Gasteiger partial charge < -0.3 is 5.32 Å². The van der Waals surface area contributed by atoms with Gasteiger partial charge >= 0.3 is 6.03 Å². The summed E-state index contributed by atoms with van der Waals surface area (Å²) in [4.78, 5) is 28.5. The van der Waals surface area contributed by atoms with Crippen molar-refractivity contribution in [1.29, 1.82) is 0 Å². The van der Waals surface area contributed by atoms with Crippen LogP contribution in [0.2, 0.25) is 0 Å². The van der Waals surface area contributed by atoms with Gasteiger partial charge in [-0.05, 0) is 44.0 Å². The zero-order valence-corrected chi connectivity index (χ0v) is 17.5. The Balaban J connectivity index is 1.55. The Morgan fingerprint density at radius 1 is 1.10 bits per heavy atom. The number of thioether (sulfide) groups is 1. The summed E-state index contributed by atoms with van der Waals surface area (Å²) in [5, 5.41) is 4.76. The molecule has 2 aromatic rings. The van der Waals surface area contributed by atoms with Gasteiger partial charge in [-0.25, -0.2) is 18.2 Å². The molecule has 1 aliphatic rings. The van der Waals surface area contributed by atoms with Gasteiger partial charge in [-0.2, -0.15) is 4.31 Å². The van der Waals surface area contributed by atoms with Crippen LogP contribution in [0.5, 0.6) is 0 Å². The van der Waals surface area contributed by atoms with Crippen LogP contribution in [-0.4, -0.2) is 48.0 Å². The highest BCUT2D eigenvalue weighted by Gasteiger charge is 2.27. The quantitative estimate of drug-likeness (QED) is 0.677. The molecular formula is C19H22N4O4S2. The van der Waals surface area contributed by atoms with Crippen LogP contribution in [0.4, 0.5) is 10.5 Å². The van der Waals surface area contributed by atoms with E-state index in [4.69, 9.17) is 0 Å². The zero-order chi connectivity index (χ0) is 20.9. The molecule has 0 aliphatic carbocycles. The van der Waals surface area contributed by atoms with Crippen molar-refractivity contribution in [1.82, 2.24) is 14.6 Å². The number of imide groups is 1. The summed E-state index contributed by atoms with van der Waals surface area (Å²) in [5.74, 6) is -0.473. The summed E-state index contributed by atoms with van der Waals surface area (Å²) in [6, 6.07) is 11.2. The molecular weight excluding hydrogens is 412 g/mol. The first-order valence-corrected chi connectivity index (χ1v) is 11.5. The number of sulfonamides is 1. The summed E-state index contributed by atoms with van der Waals surface area (Å²) >= 11 is 1.14. The molecule has 3 amide bonds. The molecule has 1 aromatic carbocycles. The fourth-order valence-electron chi connectivity index (χ4n) is 2.80. The van der Waals surface area contributed by atoms with Crippen LogP contribution in [0, 0.1) is 0 Å². The van der Waals surface area contributed by atoms with Crippen LogP contribution in [-0.2, 0) is 14.8 Å². The van der Waals surface area contributed by atoms with Crippen molar-refractivity contribution in [2.24, 2.45) is 0 Å². The van der Waals surface area contributed by atoms with E-state index in [0.717, 1.165) is 24.6 Å². The standard InChI is InChI=1S/C19H22N4O4S2/c1-14(18(24)22-19(25)21-15-7-3-2-4-8-15)28-17-10-9-16(13-20-17)29(26,27)23-11-5-6-12-23/h2-4,7-10,13-14H,5-6,11-12H2,1H3,(H2,21,22,24,25). The summed E-state index contributed by atoms with van der Waals surface area (Å²) in [6.07, 6.45) is 3.04. The Hall–Kier alpha value is -2.43. The minimum absolute atomic E-state index is 0.142. The van der Waals surface area contributed by atoms with E-state index in [2.05, 4.69) is 15.6 Å². The number of rotatable bonds is 6. The van der Waals surface area contributed by atoms with Crippen LogP contribution in [0.1, 0.15) is 19.8 Å². The fraction of sp³-hybridized carbons (Fsp3) is 0.316. The number of amides is 3. The highest BCUT2D eigenvalue weighted by atomic mass is 32.2. The van der Waals surface area contributed by atoms with Crippen LogP contribution < -0.4 is 10.6 Å². The number of nitrogens with zero attached hydrogens (tertiary/aromatic N) is 2. The van der Waals surface area contributed by atoms with Crippen LogP contribution in [0.25, 0.3) is 0 Å². The molecule has 0 radical (unpaired) electrons. The predicted molar refractivity (Wildman–Crippen MR) is 111 cm³/mol. The van der Waals surface area contributed by atoms with E-state index in [1.807, 2.05) is 6.07 Å². The first-order chi connectivity index (χ1) is 13.9. The lowest BCUT2D eigenvalue weighted by Crippen LogP contribution is -2.38. The summed E-state index contributed by atoms with van der Waals surface area (Å²) in [5.41, 5.74) is 0.578. The van der Waals surface area contributed by atoms with Gasteiger partial charge in [0, 0.05) is 25.0 Å². The molecule has 1 aromatic heterocycles. The maximum Gasteiger partial charge on any atom is 0.325 e. The number of nitrogens with one attached hydrogen (secondary N) is 2. The van der Waals surface area contributed by atoms with Gasteiger partial charge in [0.05, 0.1) is 10.3 Å². The number of aromatic nitrogens is 1. The molecule has 1 unspecified atom stereocenters. The Kier molecular flexibility index (Phi) is 6.88. The number of carbonyl (C=O) groups excluding carboxylic acids is 2. The van der Waals surface area contributed by atoms with Gasteiger partial charge in [-0.1, -0.05) is 30.0 Å². The van der Waals surface area contributed by atoms with Crippen molar-refractivity contribution in [2.45, 2.75) is 34.9 Å². The molecule has 3 rings (SSSR count). The van der Waals surface area contributed by atoms with Crippen molar-refractivity contribution in [2.75, 3.05) is 18.4 Å². The number of carbonyl (C=O) groups is 2. The lowest BCUT2D eigenvalue weighted by molar-refractivity contribution is -0.119. The van der Waals surface area contributed by atoms with Gasteiger partial charge in [0.2, 0.25) is 15.9 Å². The van der Waals surface area contributed by atoms with Crippen LogP contribution in [0.15, 0.2) is 58.6 Å². The van der Waals surface area contributed by atoms with Crippen molar-refractivity contribution < 1.29 is 18.0 Å². The fourth-order valence-corrected chi connectivity index (χ4v) is 5.05. The number of hydrogen-bond donors (Lipinski definition) is 2. The highest BCUT2D eigenvalue weighted by molar-refractivity contribution is 8.00. The molecule has 1 saturated heterocycles. The maximum atomic E-state index is 12.5. The smallest absolute Gasteiger partial charge is 0.308 e. The second-order valence-corrected chi connectivity index (χ2v) is 9.81. The second-order valence-electron chi connectivity index (χ2n) is 6.51. The van der Waals surface area contributed by atoms with E-state index in [0.29, 0.717) is 23.8 Å². The highest BCUT2D eigenvalue weighted by Crippen LogP contribution is 2.25. The molecule has 1 fully saturated rings. The Labute approximate surface area is 174 Å². The molecule has 10 heteroatoms. The average molecular weight is 435 g/mol. The second kappa shape index (κ2) is 9.38. The molecule has 0 bridgehead atoms. The van der Waals surface area contributed by atoms with Gasteiger partial charge in [-0.15, -0.1) is 0 Å². The van der Waals surface area contributed by atoms with Crippen LogP contribution >= 0.6 is 11.8 Å². The van der Waals surface area contributed by atoms with Crippen LogP contribution in [0.3, 0.4) is 0 Å². The number of anilines is 1. The number of pyridine rings is 1. The number of benzene rings is 1. The number of urea groups is 1. The van der Waals surface area contributed by atoms with Gasteiger partial charge in [0.15, 0.2) is 0 Å². The van der Waals surface area contributed by atoms with E-state index in [1.54, 1.807) is 37.3 Å². The van der Waals surface area contributed by atoms with Crippen molar-refractivity contribution in [3.05, 3.63) is 48.7 Å². The molecule has 154 valence electrons. The Morgan fingerprint density at radius 3 is 2.41 bits per heavy atom. The first-order valence-electron chi connectivity index (χ1n) is 9.16. The topological polar surface area (TPSA) is 108 Å². The van der Waals surface area contributed by atoms with Gasteiger partial charge in [-0.3, -0.25) is 10.1 Å². The lowest BCUT2D eigenvalue weighted by atomic mass is 10.3. The first kappa shape index (κ1) is 21.3. The van der Waals surface area contributed by atoms with Crippen molar-refractivity contribution >= 4 is 39.4 Å². The maximum absolute atomic E-state index is 12.5. The molecule has 1 atom stereocenters. The third-order valence-corrected chi connectivity index (χ3v) is 7.28. The third-order valence-electron chi connectivity index (χ3n) is 4.35. The largest absolute Gasteiger partial charge is 0.325 e. The minimum atomic E-state index is -3.52. The SMILES string of the molecule is CC(Sc1ccc(S(=O)(=O)N2CCCC2)cn1)C(=O)NC(=O)Nc1ccccc1. The van der Waals surface area contributed by atoms with E-state index in [-0.39, 0.29) is 4.90 Å². The number of para-hydroxylation sites is 1. The normalized spacial score (nSPS) is 15.6. The summed E-state index contributed by atoms with van der Waals surface area (Å²) < 4.78 is 26.5. The summed E-state index contributed by atoms with van der Waals surface area (Å²) in [6.45, 7) is 2.70. The lowest BCUT2D eigenvalue weighted by Gasteiger charge is -2.15. The molecule has 0 spiro atoms. The minimum Gasteiger partial charge on any atom is -0.308 e. The Morgan fingerprint density at radius 2 is 1.79 bits per heavy atom. The average Bonchev–Trinajstić information content (AvgIpc) is 3.25. The van der Waals surface area contributed by atoms with E-state index >= 15 is 0 Å². The molecule has 2 heterocycles. The van der Waals surface area contributed by atoms with Crippen molar-refractivity contribution in [3.63, 3.8) is 0 Å². The zero-order valence-electron chi connectivity index (χ0n) is 15.9. The molecule has 8 nitrogen and oxygen atoms in total. The van der Waals surface area contributed by atoms with E-state index < -0.39 is 27.2 Å². The van der Waals surface area contributed by atoms with E-state index in [9.17, 15) is 18.0 Å². The third kappa shape index (κ3) is 5.55. The number of hydrogen-bond acceptors (Lipinski definition) is 6. The molecule has 1 aliphatic heterocycles. The Bertz CT molecular complexity index is 959. The monoisotopic (exact) mass is 434 g/mol. The summed E-state index contributed by atoms with van der Waals surface area (Å²) in [7, 11) is -3.52. The van der Waals surface area contributed by atoms with Gasteiger partial charge in [0.1, 0.15) is 4.90 Å². The van der Waals surface area contributed by atoms with Gasteiger partial charge in [0.25, 0.3) is 0 Å². The molecule has 2 N–H and O–H groups in total. The van der Waals surface area contributed by atoms with Crippen molar-refractivity contribution in [3.8, 4) is 0 Å².